The highest BCUT2D eigenvalue weighted by Crippen LogP contribution is 2.24. The van der Waals surface area contributed by atoms with Gasteiger partial charge in [-0.15, -0.1) is 0 Å². The quantitative estimate of drug-likeness (QED) is 0.789. The van der Waals surface area contributed by atoms with Crippen molar-refractivity contribution in [1.82, 2.24) is 0 Å². The van der Waals surface area contributed by atoms with Gasteiger partial charge in [-0.3, -0.25) is 9.59 Å². The summed E-state index contributed by atoms with van der Waals surface area (Å²) in [6.07, 6.45) is -0.0847. The van der Waals surface area contributed by atoms with Crippen molar-refractivity contribution < 1.29 is 14.7 Å². The predicted octanol–water partition coefficient (Wildman–Crippen LogP) is 4.54. The number of halogens is 2. The largest absolute Gasteiger partial charge is 0.481 e. The van der Waals surface area contributed by atoms with Crippen LogP contribution >= 0.6 is 27.5 Å². The third-order valence-electron chi connectivity index (χ3n) is 3.13. The van der Waals surface area contributed by atoms with Gasteiger partial charge in [-0.05, 0) is 29.8 Å². The number of benzene rings is 2. The fourth-order valence-electron chi connectivity index (χ4n) is 1.98. The van der Waals surface area contributed by atoms with Gasteiger partial charge in [0.15, 0.2) is 5.78 Å². The molecule has 2 rings (SSSR count). The molecule has 2 aromatic carbocycles. The van der Waals surface area contributed by atoms with Crippen molar-refractivity contribution in [2.24, 2.45) is 0 Å². The highest BCUT2D eigenvalue weighted by molar-refractivity contribution is 9.10. The minimum absolute atomic E-state index is 0.0847. The van der Waals surface area contributed by atoms with Crippen molar-refractivity contribution in [3.05, 3.63) is 69.2 Å². The number of aliphatic carboxylic acids is 1. The fourth-order valence-corrected chi connectivity index (χ4v) is 2.37. The van der Waals surface area contributed by atoms with E-state index in [1.807, 2.05) is 0 Å². The first kappa shape index (κ1) is 15.7. The summed E-state index contributed by atoms with van der Waals surface area (Å²) < 4.78 is 0.867. The Morgan fingerprint density at radius 2 is 1.62 bits per heavy atom. The highest BCUT2D eigenvalue weighted by atomic mass is 79.9. The van der Waals surface area contributed by atoms with Crippen molar-refractivity contribution in [2.45, 2.75) is 12.3 Å². The van der Waals surface area contributed by atoms with Gasteiger partial charge in [0.25, 0.3) is 0 Å². The van der Waals surface area contributed by atoms with Gasteiger partial charge >= 0.3 is 5.97 Å². The van der Waals surface area contributed by atoms with Gasteiger partial charge in [-0.25, -0.2) is 0 Å². The van der Waals surface area contributed by atoms with E-state index in [0.29, 0.717) is 16.1 Å². The summed E-state index contributed by atoms with van der Waals surface area (Å²) in [6, 6.07) is 13.4. The van der Waals surface area contributed by atoms with Gasteiger partial charge in [0.2, 0.25) is 0 Å². The second kappa shape index (κ2) is 6.87. The smallest absolute Gasteiger partial charge is 0.311 e. The molecule has 1 unspecified atom stereocenters. The molecule has 0 saturated carbocycles. The monoisotopic (exact) mass is 366 g/mol. The number of ketones is 1. The molecule has 108 valence electrons. The lowest BCUT2D eigenvalue weighted by atomic mass is 9.92. The topological polar surface area (TPSA) is 54.4 Å². The molecule has 0 radical (unpaired) electrons. The van der Waals surface area contributed by atoms with Gasteiger partial charge in [0, 0.05) is 21.5 Å². The molecule has 0 aliphatic rings. The second-order valence-corrected chi connectivity index (χ2v) is 5.93. The molecule has 0 spiro atoms. The number of Topliss-reactive ketones (excluding diaryl/α,β-unsaturated/α-hetero) is 1. The normalized spacial score (nSPS) is 11.9. The maximum Gasteiger partial charge on any atom is 0.311 e. The minimum Gasteiger partial charge on any atom is -0.481 e. The van der Waals surface area contributed by atoms with Crippen LogP contribution in [0.1, 0.15) is 28.3 Å². The van der Waals surface area contributed by atoms with E-state index >= 15 is 0 Å². The molecule has 0 aromatic heterocycles. The van der Waals surface area contributed by atoms with Gasteiger partial charge in [0.05, 0.1) is 5.92 Å². The van der Waals surface area contributed by atoms with Crippen LogP contribution in [0.2, 0.25) is 5.02 Å². The van der Waals surface area contributed by atoms with Gasteiger partial charge in [0.1, 0.15) is 0 Å². The SMILES string of the molecule is O=C(CC(C(=O)O)c1ccc(Cl)cc1)c1ccc(Br)cc1. The Bertz CT molecular complexity index is 650. The van der Waals surface area contributed by atoms with Crippen LogP contribution < -0.4 is 0 Å². The Balaban J connectivity index is 2.20. The van der Waals surface area contributed by atoms with E-state index in [2.05, 4.69) is 15.9 Å². The van der Waals surface area contributed by atoms with E-state index in [1.54, 1.807) is 48.5 Å². The van der Waals surface area contributed by atoms with Gasteiger partial charge in [-0.1, -0.05) is 51.8 Å². The molecule has 0 aliphatic carbocycles. The molecule has 5 heteroatoms. The second-order valence-electron chi connectivity index (χ2n) is 4.58. The summed E-state index contributed by atoms with van der Waals surface area (Å²) in [4.78, 5) is 23.6. The number of carboxylic acids is 1. The zero-order chi connectivity index (χ0) is 15.4. The number of rotatable bonds is 5. The molecular formula is C16H12BrClO3. The lowest BCUT2D eigenvalue weighted by molar-refractivity contribution is -0.138. The molecule has 0 amide bonds. The van der Waals surface area contributed by atoms with Crippen LogP contribution in [0, 0.1) is 0 Å². The van der Waals surface area contributed by atoms with Crippen LogP contribution in [0.4, 0.5) is 0 Å². The molecule has 3 nitrogen and oxygen atoms in total. The molecule has 1 atom stereocenters. The average molecular weight is 368 g/mol. The summed E-state index contributed by atoms with van der Waals surface area (Å²) in [5.74, 6) is -2.11. The Morgan fingerprint density at radius 1 is 1.05 bits per heavy atom. The van der Waals surface area contributed by atoms with Crippen molar-refractivity contribution >= 4 is 39.3 Å². The number of hydrogen-bond acceptors (Lipinski definition) is 2. The number of carbonyl (C=O) groups is 2. The average Bonchev–Trinajstić information content (AvgIpc) is 2.46. The van der Waals surface area contributed by atoms with Crippen molar-refractivity contribution in [3.63, 3.8) is 0 Å². The van der Waals surface area contributed by atoms with Crippen LogP contribution in [0.25, 0.3) is 0 Å². The first-order valence-electron chi connectivity index (χ1n) is 6.24. The molecule has 0 fully saturated rings. The maximum absolute atomic E-state index is 12.2. The first-order valence-corrected chi connectivity index (χ1v) is 7.41. The Morgan fingerprint density at radius 3 is 2.14 bits per heavy atom. The molecule has 0 aliphatic heterocycles. The van der Waals surface area contributed by atoms with Crippen molar-refractivity contribution in [2.75, 3.05) is 0 Å². The van der Waals surface area contributed by atoms with Gasteiger partial charge in [-0.2, -0.15) is 0 Å². The van der Waals surface area contributed by atoms with E-state index in [9.17, 15) is 14.7 Å². The summed E-state index contributed by atoms with van der Waals surface area (Å²) in [6.45, 7) is 0. The molecule has 1 N–H and O–H groups in total. The van der Waals surface area contributed by atoms with Crippen LogP contribution in [-0.4, -0.2) is 16.9 Å². The predicted molar refractivity (Wildman–Crippen MR) is 84.9 cm³/mol. The third kappa shape index (κ3) is 4.16. The van der Waals surface area contributed by atoms with E-state index < -0.39 is 11.9 Å². The highest BCUT2D eigenvalue weighted by Gasteiger charge is 2.23. The molecule has 0 bridgehead atoms. The molecular weight excluding hydrogens is 356 g/mol. The van der Waals surface area contributed by atoms with Crippen LogP contribution in [0.5, 0.6) is 0 Å². The summed E-state index contributed by atoms with van der Waals surface area (Å²) >= 11 is 9.09. The van der Waals surface area contributed by atoms with E-state index in [1.165, 1.54) is 0 Å². The zero-order valence-corrected chi connectivity index (χ0v) is 13.3. The molecule has 0 saturated heterocycles. The van der Waals surface area contributed by atoms with E-state index in [4.69, 9.17) is 11.6 Å². The number of hydrogen-bond donors (Lipinski definition) is 1. The summed E-state index contributed by atoms with van der Waals surface area (Å²) in [5.41, 5.74) is 1.07. The maximum atomic E-state index is 12.2. The lowest BCUT2D eigenvalue weighted by Crippen LogP contribution is -2.16. The first-order chi connectivity index (χ1) is 9.97. The Hall–Kier alpha value is -1.65. The lowest BCUT2D eigenvalue weighted by Gasteiger charge is -2.12. The van der Waals surface area contributed by atoms with E-state index in [0.717, 1.165) is 4.47 Å². The summed E-state index contributed by atoms with van der Waals surface area (Å²) in [7, 11) is 0. The summed E-state index contributed by atoms with van der Waals surface area (Å²) in [5, 5.41) is 9.87. The van der Waals surface area contributed by atoms with Crippen LogP contribution in [0.3, 0.4) is 0 Å². The zero-order valence-electron chi connectivity index (χ0n) is 10.9. The third-order valence-corrected chi connectivity index (χ3v) is 3.91. The Labute approximate surface area is 135 Å². The molecule has 21 heavy (non-hydrogen) atoms. The van der Waals surface area contributed by atoms with Crippen LogP contribution in [-0.2, 0) is 4.79 Å². The standard InChI is InChI=1S/C16H12BrClO3/c17-12-5-1-11(2-6-12)15(19)9-14(16(20)21)10-3-7-13(18)8-4-10/h1-8,14H,9H2,(H,20,21). The van der Waals surface area contributed by atoms with Gasteiger partial charge < -0.3 is 5.11 Å². The molecule has 2 aromatic rings. The van der Waals surface area contributed by atoms with Crippen LogP contribution in [0.15, 0.2) is 53.0 Å². The fraction of sp³-hybridized carbons (Fsp3) is 0.125. The minimum atomic E-state index is -1.03. The Kier molecular flexibility index (Phi) is 5.15. The van der Waals surface area contributed by atoms with Crippen molar-refractivity contribution in [3.8, 4) is 0 Å². The number of carbonyl (C=O) groups excluding carboxylic acids is 1. The number of carboxylic acid groups (broad SMARTS) is 1. The van der Waals surface area contributed by atoms with E-state index in [-0.39, 0.29) is 12.2 Å². The van der Waals surface area contributed by atoms with Crippen molar-refractivity contribution in [1.29, 1.82) is 0 Å². The molecule has 0 heterocycles.